The predicted octanol–water partition coefficient (Wildman–Crippen LogP) is 4.10. The van der Waals surface area contributed by atoms with Crippen LogP contribution >= 0.6 is 15.0 Å². The fourth-order valence-electron chi connectivity index (χ4n) is 1.72. The van der Waals surface area contributed by atoms with Gasteiger partial charge in [0.25, 0.3) is 0 Å². The van der Waals surface area contributed by atoms with Gasteiger partial charge < -0.3 is 19.0 Å². The van der Waals surface area contributed by atoms with Gasteiger partial charge in [-0.15, -0.1) is 0 Å². The molecule has 22 heavy (non-hydrogen) atoms. The minimum Gasteiger partial charge on any atom is -0.367 e. The molecule has 6 nitrogen and oxygen atoms in total. The summed E-state index contributed by atoms with van der Waals surface area (Å²) in [7, 11) is -7.86. The average Bonchev–Trinajstić information content (AvgIpc) is 2.32. The maximum Gasteiger partial charge on any atom is 0.335 e. The minimum atomic E-state index is -4.40. The molecule has 0 rings (SSSR count). The highest BCUT2D eigenvalue weighted by molar-refractivity contribution is 7.73. The lowest BCUT2D eigenvalue weighted by Gasteiger charge is -2.18. The molecule has 0 amide bonds. The molecule has 0 aromatic heterocycles. The largest absolute Gasteiger partial charge is 0.367 e. The Kier molecular flexibility index (Phi) is 10.4. The van der Waals surface area contributed by atoms with E-state index in [1.165, 1.54) is 5.57 Å². The van der Waals surface area contributed by atoms with E-state index in [0.29, 0.717) is 0 Å². The van der Waals surface area contributed by atoms with Crippen LogP contribution < -0.4 is 0 Å². The van der Waals surface area contributed by atoms with Gasteiger partial charge in [-0.2, -0.15) is 0 Å². The molecule has 0 fully saturated rings. The molecule has 2 N–H and O–H groups in total. The molecular weight excluding hydrogens is 326 g/mol. The van der Waals surface area contributed by atoms with Crippen molar-refractivity contribution in [1.82, 2.24) is 0 Å². The highest BCUT2D eigenvalue weighted by Gasteiger charge is 2.32. The van der Waals surface area contributed by atoms with Crippen molar-refractivity contribution in [2.75, 3.05) is 25.5 Å². The van der Waals surface area contributed by atoms with Crippen molar-refractivity contribution in [3.8, 4) is 0 Å². The van der Waals surface area contributed by atoms with Gasteiger partial charge in [0, 0.05) is 0 Å². The van der Waals surface area contributed by atoms with Gasteiger partial charge in [-0.25, -0.2) is 0 Å². The fraction of sp³-hybridized carbons (Fsp3) is 0.714. The number of allylic oxidation sites excluding steroid dienone is 3. The van der Waals surface area contributed by atoms with Crippen molar-refractivity contribution < 1.29 is 28.2 Å². The van der Waals surface area contributed by atoms with Gasteiger partial charge in [-0.1, -0.05) is 23.3 Å². The zero-order valence-electron chi connectivity index (χ0n) is 13.8. The van der Waals surface area contributed by atoms with Gasteiger partial charge in [0.2, 0.25) is 7.37 Å². The van der Waals surface area contributed by atoms with Gasteiger partial charge in [-0.3, -0.25) is 9.13 Å². The normalized spacial score (nSPS) is 15.5. The molecule has 0 aliphatic carbocycles. The first-order valence-corrected chi connectivity index (χ1v) is 11.0. The Labute approximate surface area is 133 Å². The van der Waals surface area contributed by atoms with Crippen molar-refractivity contribution in [3.63, 3.8) is 0 Å². The molecule has 8 heteroatoms. The third kappa shape index (κ3) is 12.3. The third-order valence-corrected chi connectivity index (χ3v) is 7.20. The van der Waals surface area contributed by atoms with Crippen LogP contribution in [0.15, 0.2) is 23.3 Å². The summed E-state index contributed by atoms with van der Waals surface area (Å²) in [5.74, 6) is -0.781. The van der Waals surface area contributed by atoms with Gasteiger partial charge in [-0.05, 0) is 40.5 Å². The van der Waals surface area contributed by atoms with E-state index in [9.17, 15) is 9.13 Å². The molecule has 0 saturated heterocycles. The summed E-state index contributed by atoms with van der Waals surface area (Å²) in [6.07, 6.45) is 5.62. The summed E-state index contributed by atoms with van der Waals surface area (Å²) in [6, 6.07) is 0. The molecule has 1 unspecified atom stereocenters. The average molecular weight is 354 g/mol. The molecule has 0 aromatic rings. The van der Waals surface area contributed by atoms with Crippen molar-refractivity contribution in [1.29, 1.82) is 0 Å². The highest BCUT2D eigenvalue weighted by Crippen LogP contribution is 2.58. The van der Waals surface area contributed by atoms with E-state index >= 15 is 0 Å². The SMILES string of the molecule is CCOP(=O)(COCC=C(C)CCC=C(C)C)CP(=O)(O)O. The lowest BCUT2D eigenvalue weighted by atomic mass is 10.1. The van der Waals surface area contributed by atoms with E-state index in [4.69, 9.17) is 19.0 Å². The number of hydrogen-bond acceptors (Lipinski definition) is 4. The third-order valence-electron chi connectivity index (χ3n) is 2.69. The Morgan fingerprint density at radius 1 is 1.14 bits per heavy atom. The summed E-state index contributed by atoms with van der Waals surface area (Å²) in [4.78, 5) is 17.9. The smallest absolute Gasteiger partial charge is 0.335 e. The number of rotatable bonds is 11. The fourth-order valence-corrected chi connectivity index (χ4v) is 5.55. The standard InChI is InChI=1S/C14H28O6P2/c1-5-20-21(15,12-22(16,17)18)11-19-10-9-14(4)8-6-7-13(2)3/h7,9H,5-6,8,10-12H2,1-4H3,(H2,16,17,18). The van der Waals surface area contributed by atoms with Crippen LogP contribution in [0, 0.1) is 0 Å². The molecule has 0 aromatic carbocycles. The molecule has 0 aliphatic heterocycles. The van der Waals surface area contributed by atoms with Crippen LogP contribution in [0.3, 0.4) is 0 Å². The zero-order valence-corrected chi connectivity index (χ0v) is 15.6. The Bertz CT molecular complexity index is 474. The molecular formula is C14H28O6P2. The summed E-state index contributed by atoms with van der Waals surface area (Å²) in [6.45, 7) is 8.08. The minimum absolute atomic E-state index is 0.123. The Balaban J connectivity index is 4.31. The van der Waals surface area contributed by atoms with Crippen LogP contribution in [0.5, 0.6) is 0 Å². The van der Waals surface area contributed by atoms with Gasteiger partial charge >= 0.3 is 7.60 Å². The summed E-state index contributed by atoms with van der Waals surface area (Å²) >= 11 is 0. The Morgan fingerprint density at radius 2 is 1.77 bits per heavy atom. The van der Waals surface area contributed by atoms with Crippen LogP contribution in [0.25, 0.3) is 0 Å². The van der Waals surface area contributed by atoms with Crippen LogP contribution in [0.4, 0.5) is 0 Å². The van der Waals surface area contributed by atoms with E-state index in [2.05, 4.69) is 19.9 Å². The van der Waals surface area contributed by atoms with Crippen molar-refractivity contribution >= 4 is 15.0 Å². The number of hydrogen-bond donors (Lipinski definition) is 2. The van der Waals surface area contributed by atoms with E-state index < -0.39 is 20.9 Å². The molecule has 0 heterocycles. The van der Waals surface area contributed by atoms with E-state index in [0.717, 1.165) is 18.4 Å². The van der Waals surface area contributed by atoms with Gasteiger partial charge in [0.15, 0.2) is 0 Å². The molecule has 0 radical (unpaired) electrons. The van der Waals surface area contributed by atoms with Crippen LogP contribution in [0.2, 0.25) is 0 Å². The molecule has 0 saturated carbocycles. The van der Waals surface area contributed by atoms with Crippen molar-refractivity contribution in [2.24, 2.45) is 0 Å². The number of ether oxygens (including phenoxy) is 1. The predicted molar refractivity (Wildman–Crippen MR) is 89.4 cm³/mol. The first-order chi connectivity index (χ1) is 10.1. The van der Waals surface area contributed by atoms with Crippen molar-refractivity contribution in [3.05, 3.63) is 23.3 Å². The zero-order chi connectivity index (χ0) is 17.2. The topological polar surface area (TPSA) is 93.1 Å². The van der Waals surface area contributed by atoms with E-state index in [-0.39, 0.29) is 19.6 Å². The second kappa shape index (κ2) is 10.5. The molecule has 0 aliphatic rings. The maximum atomic E-state index is 12.3. The Hall–Kier alpha value is -0.220. The van der Waals surface area contributed by atoms with Gasteiger partial charge in [0.05, 0.1) is 13.2 Å². The Morgan fingerprint density at radius 3 is 2.27 bits per heavy atom. The molecule has 130 valence electrons. The second-order valence-electron chi connectivity index (χ2n) is 5.41. The summed E-state index contributed by atoms with van der Waals surface area (Å²) in [5, 5.41) is 0. The van der Waals surface area contributed by atoms with Crippen LogP contribution in [0.1, 0.15) is 40.5 Å². The molecule has 0 bridgehead atoms. The van der Waals surface area contributed by atoms with Crippen LogP contribution in [-0.4, -0.2) is 35.3 Å². The van der Waals surface area contributed by atoms with E-state index in [1.807, 2.05) is 13.0 Å². The first kappa shape index (κ1) is 21.8. The van der Waals surface area contributed by atoms with Crippen molar-refractivity contribution in [2.45, 2.75) is 40.5 Å². The lowest BCUT2D eigenvalue weighted by molar-refractivity contribution is 0.190. The summed E-state index contributed by atoms with van der Waals surface area (Å²) < 4.78 is 33.5. The highest BCUT2D eigenvalue weighted by atomic mass is 31.2. The summed E-state index contributed by atoms with van der Waals surface area (Å²) in [5.41, 5.74) is 2.43. The first-order valence-electron chi connectivity index (χ1n) is 7.22. The van der Waals surface area contributed by atoms with E-state index in [1.54, 1.807) is 6.92 Å². The second-order valence-corrected chi connectivity index (χ2v) is 10.0. The monoisotopic (exact) mass is 354 g/mol. The molecule has 0 spiro atoms. The van der Waals surface area contributed by atoms with Gasteiger partial charge in [0.1, 0.15) is 12.3 Å². The maximum absolute atomic E-state index is 12.3. The van der Waals surface area contributed by atoms with Crippen LogP contribution in [-0.2, 0) is 18.4 Å². The lowest BCUT2D eigenvalue weighted by Crippen LogP contribution is -2.04. The quantitative estimate of drug-likeness (QED) is 0.330. The molecule has 1 atom stereocenters.